The lowest BCUT2D eigenvalue weighted by atomic mass is 10.0. The molecule has 0 saturated carbocycles. The molecule has 0 fully saturated rings. The molecule has 0 radical (unpaired) electrons. The van der Waals surface area contributed by atoms with E-state index < -0.39 is 46.2 Å². The Labute approximate surface area is 278 Å². The minimum atomic E-state index is -4.77. The molecule has 12 heteroatoms. The van der Waals surface area contributed by atoms with E-state index >= 15 is 0 Å². The van der Waals surface area contributed by atoms with E-state index in [4.69, 9.17) is 11.6 Å². The van der Waals surface area contributed by atoms with Gasteiger partial charge >= 0.3 is 6.18 Å². The van der Waals surface area contributed by atoms with Gasteiger partial charge in [-0.05, 0) is 66.9 Å². The van der Waals surface area contributed by atoms with Crippen LogP contribution < -0.4 is 9.62 Å². The van der Waals surface area contributed by atoms with Gasteiger partial charge in [-0.1, -0.05) is 85.3 Å². The molecular weight excluding hydrogens is 651 g/mol. The van der Waals surface area contributed by atoms with E-state index in [-0.39, 0.29) is 29.6 Å². The molecule has 1 N–H and O–H groups in total. The average Bonchev–Trinajstić information content (AvgIpc) is 3.05. The number of carbonyl (C=O) groups excluding carboxylic acids is 2. The number of hydrogen-bond acceptors (Lipinski definition) is 4. The second kappa shape index (κ2) is 15.5. The van der Waals surface area contributed by atoms with Gasteiger partial charge in [-0.25, -0.2) is 8.42 Å². The average molecular weight is 686 g/mol. The zero-order valence-corrected chi connectivity index (χ0v) is 27.4. The molecule has 4 rings (SSSR count). The first kappa shape index (κ1) is 35.5. The van der Waals surface area contributed by atoms with Gasteiger partial charge in [0, 0.05) is 24.0 Å². The first-order valence-electron chi connectivity index (χ1n) is 14.9. The number of sulfonamides is 1. The number of hydrogen-bond donors (Lipinski definition) is 1. The SMILES string of the molecule is CC[C@H](C)NC(=O)[C@H](Cc1ccccc1)N(Cc1cccc(Cl)c1)C(=O)CN(c1cccc(C(F)(F)F)c1)S(=O)(=O)c1ccccc1. The first-order chi connectivity index (χ1) is 22.3. The first-order valence-corrected chi connectivity index (χ1v) is 16.7. The predicted octanol–water partition coefficient (Wildman–Crippen LogP) is 7.11. The minimum absolute atomic E-state index is 0.0877. The summed E-state index contributed by atoms with van der Waals surface area (Å²) < 4.78 is 69.9. The van der Waals surface area contributed by atoms with Gasteiger partial charge < -0.3 is 10.2 Å². The summed E-state index contributed by atoms with van der Waals surface area (Å²) in [6.07, 6.45) is -4.06. The van der Waals surface area contributed by atoms with Crippen LogP contribution in [-0.2, 0) is 38.8 Å². The van der Waals surface area contributed by atoms with Gasteiger partial charge in [0.1, 0.15) is 12.6 Å². The Hall–Kier alpha value is -4.35. The second-order valence-corrected chi connectivity index (χ2v) is 13.3. The number of anilines is 1. The maximum Gasteiger partial charge on any atom is 0.416 e. The van der Waals surface area contributed by atoms with Crippen LogP contribution in [-0.4, -0.2) is 43.8 Å². The highest BCUT2D eigenvalue weighted by molar-refractivity contribution is 7.92. The lowest BCUT2D eigenvalue weighted by molar-refractivity contribution is -0.140. The zero-order valence-electron chi connectivity index (χ0n) is 25.8. The number of rotatable bonds is 13. The van der Waals surface area contributed by atoms with Crippen molar-refractivity contribution in [3.63, 3.8) is 0 Å². The van der Waals surface area contributed by atoms with Crippen LogP contribution in [0.25, 0.3) is 0 Å². The van der Waals surface area contributed by atoms with E-state index in [2.05, 4.69) is 5.32 Å². The van der Waals surface area contributed by atoms with Gasteiger partial charge in [0.05, 0.1) is 16.1 Å². The van der Waals surface area contributed by atoms with E-state index in [1.165, 1.54) is 35.2 Å². The summed E-state index contributed by atoms with van der Waals surface area (Å²) in [6.45, 7) is 2.70. The topological polar surface area (TPSA) is 86.8 Å². The van der Waals surface area contributed by atoms with Gasteiger partial charge in [-0.15, -0.1) is 0 Å². The summed E-state index contributed by atoms with van der Waals surface area (Å²) in [5.74, 6) is -1.27. The predicted molar refractivity (Wildman–Crippen MR) is 176 cm³/mol. The molecule has 4 aromatic rings. The molecule has 2 atom stereocenters. The van der Waals surface area contributed by atoms with Gasteiger partial charge in [0.15, 0.2) is 0 Å². The van der Waals surface area contributed by atoms with Crippen LogP contribution in [0.4, 0.5) is 18.9 Å². The van der Waals surface area contributed by atoms with E-state index in [0.717, 1.165) is 17.7 Å². The molecular formula is C35H35ClF3N3O4S. The fraction of sp³-hybridized carbons (Fsp3) is 0.257. The summed E-state index contributed by atoms with van der Waals surface area (Å²) >= 11 is 6.25. The molecule has 0 heterocycles. The summed E-state index contributed by atoms with van der Waals surface area (Å²) in [4.78, 5) is 29.4. The van der Waals surface area contributed by atoms with Crippen molar-refractivity contribution in [2.24, 2.45) is 0 Å². The normalized spacial score (nSPS) is 13.0. The molecule has 7 nitrogen and oxygen atoms in total. The summed E-state index contributed by atoms with van der Waals surface area (Å²) in [5, 5.41) is 3.32. The maximum absolute atomic E-state index is 14.5. The smallest absolute Gasteiger partial charge is 0.352 e. The van der Waals surface area contributed by atoms with Gasteiger partial charge in [-0.3, -0.25) is 13.9 Å². The molecule has 0 aliphatic rings. The van der Waals surface area contributed by atoms with E-state index in [0.29, 0.717) is 27.4 Å². The molecule has 0 spiro atoms. The van der Waals surface area contributed by atoms with Gasteiger partial charge in [0.2, 0.25) is 11.8 Å². The van der Waals surface area contributed by atoms with Crippen molar-refractivity contribution in [3.05, 3.63) is 131 Å². The van der Waals surface area contributed by atoms with Crippen molar-refractivity contribution in [2.45, 2.75) is 56.4 Å². The van der Waals surface area contributed by atoms with Crippen molar-refractivity contribution >= 4 is 39.1 Å². The highest BCUT2D eigenvalue weighted by Gasteiger charge is 2.36. The minimum Gasteiger partial charge on any atom is -0.352 e. The standard InChI is InChI=1S/C35H35ClF3N3O4S/c1-3-25(2)40-34(44)32(21-26-12-6-4-7-13-26)41(23-27-14-10-16-29(36)20-27)33(43)24-42(47(45,46)31-18-8-5-9-19-31)30-17-11-15-28(22-30)35(37,38)39/h4-20,22,25,32H,3,21,23-24H2,1-2H3,(H,40,44)/t25-,32-/m0/s1. The second-order valence-electron chi connectivity index (χ2n) is 11.0. The Kier molecular flexibility index (Phi) is 11.7. The number of amides is 2. The Morgan fingerprint density at radius 3 is 2.09 bits per heavy atom. The van der Waals surface area contributed by atoms with Crippen LogP contribution in [0.15, 0.2) is 114 Å². The third kappa shape index (κ3) is 9.36. The molecule has 248 valence electrons. The number of nitrogens with zero attached hydrogens (tertiary/aromatic N) is 2. The summed E-state index contributed by atoms with van der Waals surface area (Å²) in [7, 11) is -4.56. The largest absolute Gasteiger partial charge is 0.416 e. The summed E-state index contributed by atoms with van der Waals surface area (Å²) in [6, 6.07) is 25.2. The molecule has 0 aliphatic carbocycles. The number of halogens is 4. The molecule has 0 aromatic heterocycles. The molecule has 0 aliphatic heterocycles. The molecule has 4 aromatic carbocycles. The Morgan fingerprint density at radius 1 is 0.851 bits per heavy atom. The summed E-state index contributed by atoms with van der Waals surface area (Å²) in [5.41, 5.74) is -0.131. The molecule has 47 heavy (non-hydrogen) atoms. The maximum atomic E-state index is 14.5. The van der Waals surface area contributed by atoms with Crippen LogP contribution in [0, 0.1) is 0 Å². The van der Waals surface area contributed by atoms with E-state index in [9.17, 15) is 31.2 Å². The number of carbonyl (C=O) groups is 2. The third-order valence-corrected chi connectivity index (χ3v) is 9.61. The fourth-order valence-electron chi connectivity index (χ4n) is 4.91. The van der Waals surface area contributed by atoms with E-state index in [1.807, 2.05) is 19.9 Å². The fourth-order valence-corrected chi connectivity index (χ4v) is 6.55. The zero-order chi connectivity index (χ0) is 34.2. The quantitative estimate of drug-likeness (QED) is 0.163. The number of benzene rings is 4. The molecule has 0 bridgehead atoms. The monoisotopic (exact) mass is 685 g/mol. The van der Waals surface area contributed by atoms with Crippen molar-refractivity contribution < 1.29 is 31.2 Å². The van der Waals surface area contributed by atoms with E-state index in [1.54, 1.807) is 54.6 Å². The number of nitrogens with one attached hydrogen (secondary N) is 1. The van der Waals surface area contributed by atoms with Crippen LogP contribution in [0.3, 0.4) is 0 Å². The van der Waals surface area contributed by atoms with Crippen LogP contribution >= 0.6 is 11.6 Å². The van der Waals surface area contributed by atoms with Gasteiger partial charge in [0.25, 0.3) is 10.0 Å². The molecule has 0 saturated heterocycles. The van der Waals surface area contributed by atoms with Crippen LogP contribution in [0.2, 0.25) is 5.02 Å². The van der Waals surface area contributed by atoms with Crippen LogP contribution in [0.5, 0.6) is 0 Å². The van der Waals surface area contributed by atoms with Crippen molar-refractivity contribution in [3.8, 4) is 0 Å². The molecule has 0 unspecified atom stereocenters. The lowest BCUT2D eigenvalue weighted by Crippen LogP contribution is -2.54. The highest BCUT2D eigenvalue weighted by Crippen LogP contribution is 2.33. The Bertz CT molecular complexity index is 1770. The third-order valence-electron chi connectivity index (χ3n) is 7.59. The lowest BCUT2D eigenvalue weighted by Gasteiger charge is -2.34. The van der Waals surface area contributed by atoms with Crippen molar-refractivity contribution in [2.75, 3.05) is 10.8 Å². The van der Waals surface area contributed by atoms with Crippen LogP contribution in [0.1, 0.15) is 37.0 Å². The Balaban J connectivity index is 1.84. The van der Waals surface area contributed by atoms with Gasteiger partial charge in [-0.2, -0.15) is 13.2 Å². The van der Waals surface area contributed by atoms with Crippen molar-refractivity contribution in [1.82, 2.24) is 10.2 Å². The Morgan fingerprint density at radius 2 is 1.47 bits per heavy atom. The highest BCUT2D eigenvalue weighted by atomic mass is 35.5. The van der Waals surface area contributed by atoms with Crippen molar-refractivity contribution in [1.29, 1.82) is 0 Å². The number of alkyl halides is 3. The molecule has 2 amide bonds.